The molecule has 5 heteroatoms. The van der Waals surface area contributed by atoms with Crippen LogP contribution in [0.1, 0.15) is 66.4 Å². The summed E-state index contributed by atoms with van der Waals surface area (Å²) in [7, 11) is -4.40. The molecule has 0 amide bonds. The molecule has 0 saturated carbocycles. The number of rotatable bonds is 18. The molecule has 3 nitrogen and oxygen atoms in total. The summed E-state index contributed by atoms with van der Waals surface area (Å²) in [5.74, 6) is 0. The fraction of sp³-hybridized carbons (Fsp3) is 0.459. The van der Waals surface area contributed by atoms with E-state index >= 15 is 0 Å². The third kappa shape index (κ3) is 8.87. The lowest BCUT2D eigenvalue weighted by atomic mass is 10.1. The summed E-state index contributed by atoms with van der Waals surface area (Å²) in [5.41, 5.74) is 1.18. The van der Waals surface area contributed by atoms with Crippen LogP contribution in [0.15, 0.2) is 104 Å². The first-order valence-corrected chi connectivity index (χ1v) is 20.4. The van der Waals surface area contributed by atoms with Crippen LogP contribution in [0, 0.1) is 0 Å². The minimum atomic E-state index is -2.67. The molecule has 0 fully saturated rings. The summed E-state index contributed by atoms with van der Waals surface area (Å²) in [6, 6.07) is 35.7. The van der Waals surface area contributed by atoms with Crippen LogP contribution in [0.5, 0.6) is 0 Å². The molecule has 0 aliphatic heterocycles. The Hall–Kier alpha value is -2.29. The molecule has 3 rings (SSSR count). The van der Waals surface area contributed by atoms with Crippen LogP contribution >= 0.6 is 0 Å². The van der Waals surface area contributed by atoms with E-state index in [1.165, 1.54) is 15.9 Å². The molecule has 0 aliphatic rings. The lowest BCUT2D eigenvalue weighted by Crippen LogP contribution is -2.67. The van der Waals surface area contributed by atoms with Gasteiger partial charge in [-0.05, 0) is 58.4 Å². The van der Waals surface area contributed by atoms with Gasteiger partial charge in [-0.25, -0.2) is 0 Å². The van der Waals surface area contributed by atoms with E-state index in [0.717, 1.165) is 37.4 Å². The van der Waals surface area contributed by atoms with E-state index in [0.29, 0.717) is 13.2 Å². The van der Waals surface area contributed by atoms with Gasteiger partial charge in [0.25, 0.3) is 8.32 Å². The lowest BCUT2D eigenvalue weighted by Gasteiger charge is -2.43. The Morgan fingerprint density at radius 2 is 1.19 bits per heavy atom. The van der Waals surface area contributed by atoms with Gasteiger partial charge in [-0.3, -0.25) is 0 Å². The van der Waals surface area contributed by atoms with Gasteiger partial charge in [0, 0.05) is 6.10 Å². The highest BCUT2D eigenvalue weighted by Crippen LogP contribution is 2.37. The SMILES string of the molecule is C=CC[C@@H](CC[C@@H](CO[Si](c1ccccc1)(c1ccccc1)C(C)(C)C)OCc1ccccc1)O[Si](CC)(CC)CC. The first kappa shape index (κ1) is 34.2. The van der Waals surface area contributed by atoms with Crippen molar-refractivity contribution >= 4 is 27.0 Å². The molecule has 228 valence electrons. The highest BCUT2D eigenvalue weighted by atomic mass is 28.4. The largest absolute Gasteiger partial charge is 0.414 e. The van der Waals surface area contributed by atoms with Crippen molar-refractivity contribution in [3.05, 3.63) is 109 Å². The number of benzene rings is 3. The quantitative estimate of drug-likeness (QED) is 0.107. The number of hydrogen-bond donors (Lipinski definition) is 0. The van der Waals surface area contributed by atoms with E-state index in [-0.39, 0.29) is 17.2 Å². The van der Waals surface area contributed by atoms with Gasteiger partial charge < -0.3 is 13.6 Å². The Balaban J connectivity index is 1.91. The molecule has 0 N–H and O–H groups in total. The Morgan fingerprint density at radius 3 is 1.64 bits per heavy atom. The van der Waals surface area contributed by atoms with Gasteiger partial charge >= 0.3 is 0 Å². The highest BCUT2D eigenvalue weighted by Gasteiger charge is 2.50. The van der Waals surface area contributed by atoms with E-state index in [4.69, 9.17) is 13.6 Å². The van der Waals surface area contributed by atoms with Crippen LogP contribution in [0.4, 0.5) is 0 Å². The highest BCUT2D eigenvalue weighted by molar-refractivity contribution is 6.99. The van der Waals surface area contributed by atoms with E-state index in [1.807, 2.05) is 6.08 Å². The van der Waals surface area contributed by atoms with Crippen molar-refractivity contribution < 1.29 is 13.6 Å². The van der Waals surface area contributed by atoms with E-state index in [9.17, 15) is 0 Å². The molecule has 0 radical (unpaired) electrons. The molecule has 0 aromatic heterocycles. The zero-order valence-corrected chi connectivity index (χ0v) is 29.0. The fourth-order valence-corrected chi connectivity index (χ4v) is 13.6. The molecule has 3 aromatic rings. The van der Waals surface area contributed by atoms with Crippen LogP contribution in [-0.2, 0) is 20.2 Å². The van der Waals surface area contributed by atoms with Gasteiger partial charge in [0.1, 0.15) is 0 Å². The molecule has 0 bridgehead atoms. The van der Waals surface area contributed by atoms with Crippen molar-refractivity contribution in [3.8, 4) is 0 Å². The van der Waals surface area contributed by atoms with Crippen molar-refractivity contribution in [3.63, 3.8) is 0 Å². The van der Waals surface area contributed by atoms with E-state index < -0.39 is 16.6 Å². The Kier molecular flexibility index (Phi) is 13.5. The second-order valence-electron chi connectivity index (χ2n) is 12.5. The summed E-state index contributed by atoms with van der Waals surface area (Å²) >= 11 is 0. The smallest absolute Gasteiger partial charge is 0.261 e. The van der Waals surface area contributed by atoms with Gasteiger partial charge in [-0.2, -0.15) is 0 Å². The maximum absolute atomic E-state index is 7.34. The average Bonchev–Trinajstić information content (AvgIpc) is 3.02. The third-order valence-electron chi connectivity index (χ3n) is 8.82. The zero-order valence-electron chi connectivity index (χ0n) is 27.0. The van der Waals surface area contributed by atoms with Crippen molar-refractivity contribution in [1.29, 1.82) is 0 Å². The molecule has 0 saturated heterocycles. The maximum atomic E-state index is 7.34. The van der Waals surface area contributed by atoms with Crippen LogP contribution in [0.3, 0.4) is 0 Å². The molecule has 0 spiro atoms. The summed E-state index contributed by atoms with van der Waals surface area (Å²) in [6.07, 6.45) is 4.82. The minimum Gasteiger partial charge on any atom is -0.414 e. The van der Waals surface area contributed by atoms with Gasteiger partial charge in [0.2, 0.25) is 0 Å². The molecular weight excluding hydrogens is 549 g/mol. The summed E-state index contributed by atoms with van der Waals surface area (Å²) in [4.78, 5) is 0. The Morgan fingerprint density at radius 1 is 0.714 bits per heavy atom. The van der Waals surface area contributed by atoms with E-state index in [1.54, 1.807) is 0 Å². The Bertz CT molecular complexity index is 1110. The first-order valence-electron chi connectivity index (χ1n) is 15.9. The Labute approximate surface area is 258 Å². The summed E-state index contributed by atoms with van der Waals surface area (Å²) in [5, 5.41) is 2.51. The normalized spacial score (nSPS) is 14.0. The van der Waals surface area contributed by atoms with Gasteiger partial charge in [0.15, 0.2) is 8.32 Å². The second kappa shape index (κ2) is 16.5. The molecule has 3 aromatic carbocycles. The van der Waals surface area contributed by atoms with E-state index in [2.05, 4.69) is 139 Å². The van der Waals surface area contributed by atoms with Crippen LogP contribution < -0.4 is 10.4 Å². The van der Waals surface area contributed by atoms with Crippen molar-refractivity contribution in [1.82, 2.24) is 0 Å². The molecule has 0 unspecified atom stereocenters. The predicted molar refractivity (Wildman–Crippen MR) is 185 cm³/mol. The number of hydrogen-bond acceptors (Lipinski definition) is 3. The summed E-state index contributed by atoms with van der Waals surface area (Å²) < 4.78 is 21.0. The van der Waals surface area contributed by atoms with Crippen LogP contribution in [0.2, 0.25) is 23.2 Å². The standard InChI is InChI=1S/C37H54O3Si2/c1-8-21-33(40-41(9-2,10-3)11-4)28-29-34(38-30-32-22-15-12-16-23-32)31-39-42(37(5,6)7,35-24-17-13-18-25-35)36-26-19-14-20-27-36/h8,12-20,22-27,33-34H,1,9-11,21,28-31H2,2-7H3/t33-,34-/m0/s1. The maximum Gasteiger partial charge on any atom is 0.261 e. The molecule has 0 heterocycles. The second-order valence-corrected chi connectivity index (χ2v) is 21.5. The zero-order chi connectivity index (χ0) is 30.5. The molecular formula is C37H54O3Si2. The average molecular weight is 603 g/mol. The monoisotopic (exact) mass is 602 g/mol. The van der Waals surface area contributed by atoms with Gasteiger partial charge in [-0.15, -0.1) is 6.58 Å². The topological polar surface area (TPSA) is 27.7 Å². The number of ether oxygens (including phenoxy) is 1. The third-order valence-corrected chi connectivity index (χ3v) is 18.5. The van der Waals surface area contributed by atoms with Crippen molar-refractivity contribution in [2.75, 3.05) is 6.61 Å². The molecule has 2 atom stereocenters. The predicted octanol–water partition coefficient (Wildman–Crippen LogP) is 8.90. The minimum absolute atomic E-state index is 0.0521. The van der Waals surface area contributed by atoms with Crippen molar-refractivity contribution in [2.24, 2.45) is 0 Å². The summed E-state index contributed by atoms with van der Waals surface area (Å²) in [6.45, 7) is 19.1. The van der Waals surface area contributed by atoms with Gasteiger partial charge in [0.05, 0.1) is 19.3 Å². The van der Waals surface area contributed by atoms with Crippen molar-refractivity contribution in [2.45, 2.75) is 103 Å². The first-order chi connectivity index (χ1) is 20.2. The lowest BCUT2D eigenvalue weighted by molar-refractivity contribution is -0.00495. The fourth-order valence-electron chi connectivity index (χ4n) is 6.12. The van der Waals surface area contributed by atoms with Gasteiger partial charge in [-0.1, -0.05) is 139 Å². The molecule has 42 heavy (non-hydrogen) atoms. The van der Waals surface area contributed by atoms with Crippen LogP contribution in [-0.4, -0.2) is 35.4 Å². The molecule has 0 aliphatic carbocycles. The van der Waals surface area contributed by atoms with Crippen LogP contribution in [0.25, 0.3) is 0 Å².